The van der Waals surface area contributed by atoms with E-state index in [2.05, 4.69) is 0 Å². The van der Waals surface area contributed by atoms with Gasteiger partial charge in [-0.1, -0.05) is 47.9 Å². The van der Waals surface area contributed by atoms with Crippen molar-refractivity contribution in [3.05, 3.63) is 126 Å². The SMILES string of the molecule is Cc1cc2c3c(c1)P(=S)(c1cccc(F)c1)c1cc(F)ccc1N3c1ccc(F)cc1P2(=S)c1cccc(F)c1. The topological polar surface area (TPSA) is 3.24 Å². The molecule has 2 heterocycles. The Labute approximate surface area is 239 Å². The van der Waals surface area contributed by atoms with Crippen LogP contribution in [0.2, 0.25) is 0 Å². The molecule has 0 bridgehead atoms. The standard InChI is InChI=1S/C31H19F4NP2S2/c1-18-12-29-31-30(13-18)38(40,24-7-3-5-20(33)15-24)28-17-22(35)9-11-26(28)36(31)25-10-8-21(34)16-27(25)37(29,39)23-6-2-4-19(32)14-23/h2-17H,1H3. The van der Waals surface area contributed by atoms with Crippen molar-refractivity contribution in [2.45, 2.75) is 6.92 Å². The van der Waals surface area contributed by atoms with Gasteiger partial charge in [0.2, 0.25) is 0 Å². The number of rotatable bonds is 2. The molecule has 1 nitrogen and oxygen atoms in total. The number of fused-ring (bicyclic) bond motifs is 4. The third kappa shape index (κ3) is 3.51. The van der Waals surface area contributed by atoms with Crippen LogP contribution >= 0.6 is 12.1 Å². The number of hydrogen-bond donors (Lipinski definition) is 0. The molecule has 0 aliphatic carbocycles. The Hall–Kier alpha value is -3.08. The quantitative estimate of drug-likeness (QED) is 0.171. The lowest BCUT2D eigenvalue weighted by molar-refractivity contribution is 0.628. The number of hydrogen-bond acceptors (Lipinski definition) is 3. The second kappa shape index (κ2) is 8.96. The molecule has 0 spiro atoms. The molecule has 5 aromatic carbocycles. The van der Waals surface area contributed by atoms with Crippen molar-refractivity contribution in [3.8, 4) is 0 Å². The molecular formula is C31H19F4NP2S2. The molecular weight excluding hydrogens is 588 g/mol. The van der Waals surface area contributed by atoms with Crippen molar-refractivity contribution >= 4 is 84.6 Å². The highest BCUT2D eigenvalue weighted by Gasteiger charge is 2.46. The number of halogens is 4. The normalized spacial score (nSPS) is 20.5. The van der Waals surface area contributed by atoms with E-state index in [4.69, 9.17) is 23.6 Å². The largest absolute Gasteiger partial charge is 0.308 e. The fourth-order valence-corrected chi connectivity index (χ4v) is 14.6. The molecule has 2 aliphatic heterocycles. The van der Waals surface area contributed by atoms with Gasteiger partial charge in [0, 0.05) is 33.3 Å². The Morgan fingerprint density at radius 3 is 1.38 bits per heavy atom. The van der Waals surface area contributed by atoms with Crippen molar-refractivity contribution in [1.82, 2.24) is 0 Å². The first-order valence-electron chi connectivity index (χ1n) is 12.4. The van der Waals surface area contributed by atoms with Gasteiger partial charge in [0.15, 0.2) is 0 Å². The second-order valence-electron chi connectivity index (χ2n) is 9.93. The summed E-state index contributed by atoms with van der Waals surface area (Å²) in [6.45, 7) is 1.92. The Bertz CT molecular complexity index is 1870. The first-order valence-corrected chi connectivity index (χ1v) is 18.0. The molecule has 0 N–H and O–H groups in total. The fraction of sp³-hybridized carbons (Fsp3) is 0.0323. The maximum Gasteiger partial charge on any atom is 0.124 e. The van der Waals surface area contributed by atoms with Crippen LogP contribution in [0.15, 0.2) is 97.1 Å². The Balaban J connectivity index is 1.69. The van der Waals surface area contributed by atoms with E-state index >= 15 is 0 Å². The van der Waals surface area contributed by atoms with Crippen LogP contribution in [0.25, 0.3) is 0 Å². The molecule has 0 radical (unpaired) electrons. The molecule has 2 unspecified atom stereocenters. The van der Waals surface area contributed by atoms with Gasteiger partial charge in [-0.2, -0.15) is 0 Å². The smallest absolute Gasteiger partial charge is 0.124 e. The first kappa shape index (κ1) is 25.9. The average Bonchev–Trinajstić information content (AvgIpc) is 2.93. The predicted octanol–water partition coefficient (Wildman–Crippen LogP) is 6.16. The summed E-state index contributed by atoms with van der Waals surface area (Å²) < 4.78 is 59.2. The van der Waals surface area contributed by atoms with Gasteiger partial charge in [-0.25, -0.2) is 17.6 Å². The van der Waals surface area contributed by atoms with Crippen molar-refractivity contribution in [2.75, 3.05) is 4.90 Å². The van der Waals surface area contributed by atoms with Gasteiger partial charge in [-0.3, -0.25) is 0 Å². The van der Waals surface area contributed by atoms with Crippen molar-refractivity contribution < 1.29 is 17.6 Å². The van der Waals surface area contributed by atoms with E-state index in [9.17, 15) is 17.6 Å². The summed E-state index contributed by atoms with van der Waals surface area (Å²) in [7, 11) is 0. The van der Waals surface area contributed by atoms with Gasteiger partial charge in [0.25, 0.3) is 0 Å². The molecule has 9 heteroatoms. The minimum atomic E-state index is -3.01. The van der Waals surface area contributed by atoms with Crippen LogP contribution in [0.5, 0.6) is 0 Å². The molecule has 0 fully saturated rings. The lowest BCUT2D eigenvalue weighted by atomic mass is 10.1. The summed E-state index contributed by atoms with van der Waals surface area (Å²) in [4.78, 5) is 1.97. The summed E-state index contributed by atoms with van der Waals surface area (Å²) >= 11 is 13.1. The van der Waals surface area contributed by atoms with E-state index < -0.39 is 35.3 Å². The fourth-order valence-electron chi connectivity index (χ4n) is 5.86. The average molecular weight is 608 g/mol. The number of nitrogens with zero attached hydrogens (tertiary/aromatic N) is 1. The minimum Gasteiger partial charge on any atom is -0.308 e. The zero-order chi connectivity index (χ0) is 28.0. The molecule has 40 heavy (non-hydrogen) atoms. The molecule has 5 aromatic rings. The number of benzene rings is 5. The molecule has 198 valence electrons. The maximum atomic E-state index is 14.9. The number of anilines is 3. The van der Waals surface area contributed by atoms with Gasteiger partial charge < -0.3 is 4.90 Å². The Kier molecular flexibility index (Phi) is 5.79. The molecule has 7 rings (SSSR count). The van der Waals surface area contributed by atoms with Crippen LogP contribution < -0.4 is 36.7 Å². The molecule has 0 aromatic heterocycles. The van der Waals surface area contributed by atoms with Crippen molar-refractivity contribution in [1.29, 1.82) is 0 Å². The summed E-state index contributed by atoms with van der Waals surface area (Å²) in [6.07, 6.45) is 0. The van der Waals surface area contributed by atoms with Crippen LogP contribution in [0, 0.1) is 30.2 Å². The van der Waals surface area contributed by atoms with E-state index in [1.165, 1.54) is 48.5 Å². The molecule has 2 atom stereocenters. The van der Waals surface area contributed by atoms with Crippen LogP contribution in [-0.4, -0.2) is 0 Å². The van der Waals surface area contributed by atoms with Crippen molar-refractivity contribution in [2.24, 2.45) is 0 Å². The monoisotopic (exact) mass is 607 g/mol. The van der Waals surface area contributed by atoms with E-state index in [0.29, 0.717) is 32.6 Å². The van der Waals surface area contributed by atoms with Crippen molar-refractivity contribution in [3.63, 3.8) is 0 Å². The predicted molar refractivity (Wildman–Crippen MR) is 165 cm³/mol. The third-order valence-electron chi connectivity index (χ3n) is 7.49. The highest BCUT2D eigenvalue weighted by Crippen LogP contribution is 2.60. The number of aryl methyl sites for hydroxylation is 1. The third-order valence-corrected chi connectivity index (χ3v) is 17.2. The van der Waals surface area contributed by atoms with Crippen LogP contribution in [-0.2, 0) is 23.6 Å². The van der Waals surface area contributed by atoms with E-state index in [1.807, 2.05) is 24.0 Å². The van der Waals surface area contributed by atoms with Crippen LogP contribution in [0.3, 0.4) is 0 Å². The summed E-state index contributed by atoms with van der Waals surface area (Å²) in [5.74, 6) is -1.78. The highest BCUT2D eigenvalue weighted by molar-refractivity contribution is 8.27. The summed E-state index contributed by atoms with van der Waals surface area (Å²) in [5, 5.41) is 3.84. The van der Waals surface area contributed by atoms with E-state index in [0.717, 1.165) is 21.9 Å². The summed E-state index contributed by atoms with van der Waals surface area (Å²) in [5.41, 5.74) is 2.87. The Morgan fingerprint density at radius 2 is 0.950 bits per heavy atom. The Morgan fingerprint density at radius 1 is 0.525 bits per heavy atom. The van der Waals surface area contributed by atoms with E-state index in [1.54, 1.807) is 36.4 Å². The second-order valence-corrected chi connectivity index (χ2v) is 18.6. The highest BCUT2D eigenvalue weighted by atomic mass is 32.4. The van der Waals surface area contributed by atoms with E-state index in [-0.39, 0.29) is 0 Å². The van der Waals surface area contributed by atoms with Gasteiger partial charge in [-0.05, 0) is 95.9 Å². The zero-order valence-corrected chi connectivity index (χ0v) is 24.3. The summed E-state index contributed by atoms with van der Waals surface area (Å²) in [6, 6.07) is 19.2. The van der Waals surface area contributed by atoms with Gasteiger partial charge in [-0.15, -0.1) is 0 Å². The van der Waals surface area contributed by atoms with Crippen LogP contribution in [0.1, 0.15) is 5.56 Å². The lowest BCUT2D eigenvalue weighted by Crippen LogP contribution is -2.46. The molecule has 2 aliphatic rings. The van der Waals surface area contributed by atoms with Crippen LogP contribution in [0.4, 0.5) is 34.6 Å². The lowest BCUT2D eigenvalue weighted by Gasteiger charge is -2.47. The first-order chi connectivity index (χ1) is 19.1. The zero-order valence-electron chi connectivity index (χ0n) is 20.9. The van der Waals surface area contributed by atoms with Gasteiger partial charge in [0.1, 0.15) is 23.3 Å². The minimum absolute atomic E-state index is 0.436. The molecule has 0 saturated heterocycles. The van der Waals surface area contributed by atoms with Gasteiger partial charge in [0.05, 0.1) is 17.1 Å². The molecule has 0 amide bonds. The maximum absolute atomic E-state index is 14.9. The molecule has 0 saturated carbocycles. The van der Waals surface area contributed by atoms with Gasteiger partial charge >= 0.3 is 0 Å².